The Bertz CT molecular complexity index is 2480. The van der Waals surface area contributed by atoms with Gasteiger partial charge in [-0.15, -0.1) is 0 Å². The summed E-state index contributed by atoms with van der Waals surface area (Å²) in [5.41, 5.74) is 9.89. The molecular weight excluding hydrogens is 1120 g/mol. The lowest BCUT2D eigenvalue weighted by molar-refractivity contribution is -0.139. The standard InChI is InChI=1S/C29H39BBrClN4O3.C28H36BrClN4O2/c1-30(38)35-10-7-20(8-11-35)15-27(37)36-13-12-34(19-25(36)9-14-39-2)29-26-6-5-24(32)17-21(26)3-4-22-16-23(31)18-33-28(22)29;1-36-13-8-24-18-33(11-12-34(24)26(35)14-19-6-9-31-10-7-19)28-25-5-4-23(30)16-20(25)2-3-21-15-22(29)17-32-27(21)28/h5-6,16-18,20,25,29,38H,3-4,7-15,19H2,1-2H3;4-5,15-17,19,24,28,31H,2-3,6-14,18H2,1H3/t25-,29?;24-,28?/m00/s1. The van der Waals surface area contributed by atoms with Crippen molar-refractivity contribution < 1.29 is 24.1 Å². The number of methoxy groups -OCH3 is 2. The normalized spacial score (nSPS) is 22.9. The first-order valence-corrected chi connectivity index (χ1v) is 29.7. The van der Waals surface area contributed by atoms with E-state index >= 15 is 0 Å². The molecule has 2 aliphatic carbocycles. The van der Waals surface area contributed by atoms with E-state index < -0.39 is 7.05 Å². The zero-order valence-corrected chi connectivity index (χ0v) is 48.7. The fourth-order valence-electron chi connectivity index (χ4n) is 12.8. The highest BCUT2D eigenvalue weighted by molar-refractivity contribution is 9.10. The van der Waals surface area contributed by atoms with E-state index in [-0.39, 0.29) is 30.1 Å². The number of carbonyl (C=O) groups excluding carboxylic acids is 2. The maximum absolute atomic E-state index is 13.6. The van der Waals surface area contributed by atoms with Crippen LogP contribution in [0.25, 0.3) is 0 Å². The van der Waals surface area contributed by atoms with E-state index in [1.807, 2.05) is 31.3 Å². The fourth-order valence-corrected chi connectivity index (χ4v) is 13.9. The molecule has 4 aromatic rings. The van der Waals surface area contributed by atoms with Crippen LogP contribution >= 0.6 is 55.1 Å². The molecule has 2 N–H and O–H groups in total. The van der Waals surface area contributed by atoms with Crippen molar-refractivity contribution in [1.29, 1.82) is 0 Å². The van der Waals surface area contributed by atoms with Crippen molar-refractivity contribution in [2.75, 3.05) is 92.9 Å². The Hall–Kier alpha value is -3.00. The van der Waals surface area contributed by atoms with Gasteiger partial charge in [0.25, 0.3) is 0 Å². The Morgan fingerprint density at radius 2 is 1.09 bits per heavy atom. The molecule has 2 unspecified atom stereocenters. The largest absolute Gasteiger partial charge is 0.437 e. The minimum atomic E-state index is -0.418. The molecule has 18 heteroatoms. The molecule has 0 radical (unpaired) electrons. The number of benzene rings is 2. The van der Waals surface area contributed by atoms with Gasteiger partial charge in [-0.1, -0.05) is 35.3 Å². The number of amides is 2. The van der Waals surface area contributed by atoms with E-state index in [0.29, 0.717) is 50.3 Å². The van der Waals surface area contributed by atoms with Crippen molar-refractivity contribution in [3.8, 4) is 0 Å². The van der Waals surface area contributed by atoms with Crippen LogP contribution in [0.3, 0.4) is 0 Å². The quantitative estimate of drug-likeness (QED) is 0.125. The second-order valence-electron chi connectivity index (χ2n) is 21.6. The number of fused-ring (bicyclic) bond motifs is 4. The predicted molar refractivity (Wildman–Crippen MR) is 305 cm³/mol. The van der Waals surface area contributed by atoms with Crippen molar-refractivity contribution in [2.45, 2.75) is 108 Å². The molecule has 4 aliphatic heterocycles. The summed E-state index contributed by atoms with van der Waals surface area (Å²) in [6.07, 6.45) is 14.5. The molecule has 0 bridgehead atoms. The number of halogens is 4. The molecule has 4 fully saturated rings. The Morgan fingerprint density at radius 1 is 0.653 bits per heavy atom. The molecule has 0 saturated carbocycles. The third-order valence-electron chi connectivity index (χ3n) is 16.9. The first-order valence-electron chi connectivity index (χ1n) is 27.4. The van der Waals surface area contributed by atoms with Crippen molar-refractivity contribution >= 4 is 73.9 Å². The predicted octanol–water partition coefficient (Wildman–Crippen LogP) is 9.07. The molecule has 4 saturated heterocycles. The summed E-state index contributed by atoms with van der Waals surface area (Å²) < 4.78 is 13.0. The minimum absolute atomic E-state index is 0.0231. The lowest BCUT2D eigenvalue weighted by Crippen LogP contribution is -2.56. The van der Waals surface area contributed by atoms with Crippen LogP contribution in [0.5, 0.6) is 0 Å². The van der Waals surface area contributed by atoms with Gasteiger partial charge in [-0.2, -0.15) is 0 Å². The van der Waals surface area contributed by atoms with Gasteiger partial charge in [0.2, 0.25) is 11.8 Å². The Balaban J connectivity index is 0.000000184. The van der Waals surface area contributed by atoms with Crippen molar-refractivity contribution in [3.05, 3.63) is 125 Å². The van der Waals surface area contributed by atoms with Crippen LogP contribution in [0.2, 0.25) is 16.9 Å². The number of ether oxygens (including phenoxy) is 2. The summed E-state index contributed by atoms with van der Waals surface area (Å²) in [5, 5.41) is 14.8. The van der Waals surface area contributed by atoms with E-state index in [2.05, 4.69) is 98.0 Å². The summed E-state index contributed by atoms with van der Waals surface area (Å²) >= 11 is 20.1. The summed E-state index contributed by atoms with van der Waals surface area (Å²) in [4.78, 5) is 48.4. The smallest absolute Gasteiger partial charge is 0.376 e. The lowest BCUT2D eigenvalue weighted by Gasteiger charge is -2.45. The molecule has 2 aromatic heterocycles. The van der Waals surface area contributed by atoms with Crippen LogP contribution < -0.4 is 5.32 Å². The number of nitrogens with one attached hydrogen (secondary N) is 1. The molecule has 4 atom stereocenters. The number of aryl methyl sites for hydroxylation is 4. The van der Waals surface area contributed by atoms with Crippen molar-refractivity contribution in [3.63, 3.8) is 0 Å². The zero-order valence-electron chi connectivity index (χ0n) is 44.0. The van der Waals surface area contributed by atoms with E-state index in [1.165, 1.54) is 33.4 Å². The summed E-state index contributed by atoms with van der Waals surface area (Å²) in [7, 11) is 3.05. The number of hydrogen-bond donors (Lipinski definition) is 2. The molecule has 0 spiro atoms. The lowest BCUT2D eigenvalue weighted by atomic mass is 9.80. The van der Waals surface area contributed by atoms with Crippen LogP contribution in [-0.4, -0.2) is 163 Å². The first kappa shape index (κ1) is 56.7. The highest BCUT2D eigenvalue weighted by Gasteiger charge is 2.40. The van der Waals surface area contributed by atoms with Crippen molar-refractivity contribution in [2.24, 2.45) is 11.8 Å². The third-order valence-corrected chi connectivity index (χ3v) is 18.2. The number of hydrogen-bond acceptors (Lipinski definition) is 11. The first-order chi connectivity index (χ1) is 36.4. The Morgan fingerprint density at radius 3 is 1.53 bits per heavy atom. The van der Waals surface area contributed by atoms with Gasteiger partial charge in [0.15, 0.2) is 0 Å². The summed E-state index contributed by atoms with van der Waals surface area (Å²) in [6.45, 7) is 11.5. The van der Waals surface area contributed by atoms with E-state index in [0.717, 1.165) is 153 Å². The van der Waals surface area contributed by atoms with Gasteiger partial charge in [0.05, 0.1) is 23.5 Å². The molecular formula is C57H75BBr2Cl2N8O5. The maximum atomic E-state index is 13.6. The molecule has 2 amide bonds. The van der Waals surface area contributed by atoms with Crippen LogP contribution in [0.1, 0.15) is 108 Å². The Kier molecular flexibility index (Phi) is 20.2. The third kappa shape index (κ3) is 14.1. The van der Waals surface area contributed by atoms with E-state index in [9.17, 15) is 14.6 Å². The van der Waals surface area contributed by atoms with Crippen molar-refractivity contribution in [1.82, 2.24) is 39.7 Å². The number of piperidine rings is 2. The highest BCUT2D eigenvalue weighted by atomic mass is 79.9. The zero-order chi connectivity index (χ0) is 52.6. The SMILES string of the molecule is COCC[C@H]1CN(C2c3ccc(Cl)cc3CCc3cc(Br)cnc32)CCN1C(=O)CC1CCN(B(C)O)CC1.COCC[C@H]1CN(C2c3ccc(Cl)cc3CCc3cc(Br)cnc32)CCN1C(=O)CC1CCNCC1. The van der Waals surface area contributed by atoms with Crippen LogP contribution in [0, 0.1) is 11.8 Å². The van der Waals surface area contributed by atoms with Gasteiger partial charge in [0.1, 0.15) is 0 Å². The molecule has 10 rings (SSSR count). The number of aromatic nitrogens is 2. The highest BCUT2D eigenvalue weighted by Crippen LogP contribution is 2.41. The number of rotatable bonds is 13. The van der Waals surface area contributed by atoms with Crippen LogP contribution in [-0.2, 0) is 44.7 Å². The minimum Gasteiger partial charge on any atom is -0.437 e. The molecule has 404 valence electrons. The van der Waals surface area contributed by atoms with Gasteiger partial charge in [-0.25, -0.2) is 0 Å². The topological polar surface area (TPSA) is 127 Å². The fraction of sp³-hybridized carbons (Fsp3) is 0.579. The molecule has 75 heavy (non-hydrogen) atoms. The monoisotopic (exact) mass is 1190 g/mol. The van der Waals surface area contributed by atoms with Gasteiger partial charge in [-0.05, 0) is 211 Å². The second-order valence-corrected chi connectivity index (χ2v) is 24.3. The molecule has 6 aliphatic rings. The van der Waals surface area contributed by atoms with Gasteiger partial charge < -0.3 is 34.4 Å². The number of pyridine rings is 2. The molecule has 2 aromatic carbocycles. The number of carbonyl (C=O) groups is 2. The van der Waals surface area contributed by atoms with Gasteiger partial charge in [-0.3, -0.25) is 29.4 Å². The second kappa shape index (κ2) is 26.8. The molecule has 6 heterocycles. The van der Waals surface area contributed by atoms with E-state index in [4.69, 9.17) is 42.6 Å². The average Bonchev–Trinajstić information content (AvgIpc) is 3.67. The van der Waals surface area contributed by atoms with Gasteiger partial charge >= 0.3 is 7.05 Å². The van der Waals surface area contributed by atoms with Crippen LogP contribution in [0.4, 0.5) is 0 Å². The van der Waals surface area contributed by atoms with E-state index in [1.54, 1.807) is 14.2 Å². The Labute approximate surface area is 472 Å². The molecule has 13 nitrogen and oxygen atoms in total. The van der Waals surface area contributed by atoms with Gasteiger partial charge in [0, 0.05) is 123 Å². The number of nitrogens with zero attached hydrogens (tertiary/aromatic N) is 7. The van der Waals surface area contributed by atoms with Crippen LogP contribution in [0.15, 0.2) is 69.9 Å². The average molecular weight is 1190 g/mol. The maximum Gasteiger partial charge on any atom is 0.376 e. The summed E-state index contributed by atoms with van der Waals surface area (Å²) in [5.74, 6) is 1.43. The number of piperazine rings is 2. The summed E-state index contributed by atoms with van der Waals surface area (Å²) in [6, 6.07) is 17.3.